The minimum absolute atomic E-state index is 0.0142. The molecule has 0 fully saturated rings. The van der Waals surface area contributed by atoms with E-state index >= 15 is 0 Å². The van der Waals surface area contributed by atoms with E-state index in [4.69, 9.17) is 4.42 Å². The molecule has 0 unspecified atom stereocenters. The number of hydrogen-bond acceptors (Lipinski definition) is 4. The van der Waals surface area contributed by atoms with Gasteiger partial charge in [0, 0.05) is 22.5 Å². The van der Waals surface area contributed by atoms with E-state index in [2.05, 4.69) is 62.1 Å². The summed E-state index contributed by atoms with van der Waals surface area (Å²) in [6.07, 6.45) is 0. The number of carbonyl (C=O) groups excluding carboxylic acids is 1. The van der Waals surface area contributed by atoms with E-state index in [1.165, 1.54) is 11.1 Å². The van der Waals surface area contributed by atoms with Crippen LogP contribution in [0.5, 0.6) is 0 Å². The number of nitrogens with zero attached hydrogens (tertiary/aromatic N) is 1. The van der Waals surface area contributed by atoms with Gasteiger partial charge in [0.15, 0.2) is 5.78 Å². The summed E-state index contributed by atoms with van der Waals surface area (Å²) in [6, 6.07) is 33.9. The van der Waals surface area contributed by atoms with Gasteiger partial charge in [0.05, 0.1) is 27.8 Å². The van der Waals surface area contributed by atoms with E-state index in [9.17, 15) is 9.59 Å². The highest BCUT2D eigenvalue weighted by molar-refractivity contribution is 6.14. The minimum Gasteiger partial charge on any atom is -0.456 e. The molecule has 2 aliphatic rings. The van der Waals surface area contributed by atoms with Crippen LogP contribution in [0.15, 0.2) is 112 Å². The monoisotopic (exact) mass is 533 g/mol. The second kappa shape index (κ2) is 8.28. The van der Waals surface area contributed by atoms with Crippen molar-refractivity contribution >= 4 is 44.8 Å². The molecule has 0 N–H and O–H groups in total. The number of rotatable bonds is 1. The molecule has 1 aliphatic carbocycles. The van der Waals surface area contributed by atoms with Gasteiger partial charge in [0.25, 0.3) is 0 Å². The SMILES string of the molecule is C[C@@H]1c2ccccc2C(=O)c2cc3c(=O)c4c(N5c6ccccc6C(C)(C)c6ccccc65)cccc4oc3cc21. The van der Waals surface area contributed by atoms with Crippen molar-refractivity contribution in [3.8, 4) is 0 Å². The van der Waals surface area contributed by atoms with Gasteiger partial charge in [-0.1, -0.05) is 87.5 Å². The van der Waals surface area contributed by atoms with Crippen molar-refractivity contribution in [1.82, 2.24) is 0 Å². The van der Waals surface area contributed by atoms with Gasteiger partial charge in [-0.25, -0.2) is 0 Å². The molecule has 4 heteroatoms. The van der Waals surface area contributed by atoms with Gasteiger partial charge in [0.2, 0.25) is 5.43 Å². The van der Waals surface area contributed by atoms with Crippen molar-refractivity contribution in [1.29, 1.82) is 0 Å². The molecule has 198 valence electrons. The predicted molar refractivity (Wildman–Crippen MR) is 164 cm³/mol. The van der Waals surface area contributed by atoms with Crippen molar-refractivity contribution in [3.05, 3.63) is 147 Å². The van der Waals surface area contributed by atoms with E-state index in [1.54, 1.807) is 6.07 Å². The second-order valence-corrected chi connectivity index (χ2v) is 11.6. The summed E-state index contributed by atoms with van der Waals surface area (Å²) in [5, 5.41) is 0.920. The van der Waals surface area contributed by atoms with Crippen LogP contribution in [0.1, 0.15) is 64.9 Å². The van der Waals surface area contributed by atoms with E-state index in [1.807, 2.05) is 60.7 Å². The maximum absolute atomic E-state index is 14.4. The zero-order valence-electron chi connectivity index (χ0n) is 23.1. The van der Waals surface area contributed by atoms with Crippen molar-refractivity contribution in [2.24, 2.45) is 0 Å². The normalized spacial score (nSPS) is 16.7. The molecule has 0 saturated carbocycles. The number of para-hydroxylation sites is 2. The second-order valence-electron chi connectivity index (χ2n) is 11.6. The Balaban J connectivity index is 1.42. The van der Waals surface area contributed by atoms with Gasteiger partial charge in [-0.2, -0.15) is 0 Å². The minimum atomic E-state index is -0.210. The average Bonchev–Trinajstić information content (AvgIpc) is 3.00. The van der Waals surface area contributed by atoms with Crippen molar-refractivity contribution in [2.75, 3.05) is 4.90 Å². The summed E-state index contributed by atoms with van der Waals surface area (Å²) in [7, 11) is 0. The summed E-state index contributed by atoms with van der Waals surface area (Å²) < 4.78 is 6.48. The summed E-state index contributed by atoms with van der Waals surface area (Å²) >= 11 is 0. The fourth-order valence-electron chi connectivity index (χ4n) is 7.01. The molecule has 0 radical (unpaired) electrons. The third-order valence-corrected chi connectivity index (χ3v) is 9.11. The Kier molecular flexibility index (Phi) is 4.82. The van der Waals surface area contributed by atoms with E-state index in [-0.39, 0.29) is 22.5 Å². The molecule has 5 aromatic carbocycles. The van der Waals surface area contributed by atoms with Gasteiger partial charge >= 0.3 is 0 Å². The zero-order chi connectivity index (χ0) is 28.0. The maximum atomic E-state index is 14.4. The quantitative estimate of drug-likeness (QED) is 0.198. The lowest BCUT2D eigenvalue weighted by atomic mass is 9.73. The van der Waals surface area contributed by atoms with Gasteiger partial charge in [-0.15, -0.1) is 0 Å². The van der Waals surface area contributed by atoms with Crippen LogP contribution in [0.2, 0.25) is 0 Å². The molecule has 1 aromatic heterocycles. The van der Waals surface area contributed by atoms with Crippen LogP contribution in [-0.4, -0.2) is 5.78 Å². The van der Waals surface area contributed by atoms with Gasteiger partial charge in [0.1, 0.15) is 11.2 Å². The Hall–Kier alpha value is -4.96. The number of carbonyl (C=O) groups is 1. The van der Waals surface area contributed by atoms with Crippen LogP contribution >= 0.6 is 0 Å². The topological polar surface area (TPSA) is 50.5 Å². The Morgan fingerprint density at radius 3 is 2.02 bits per heavy atom. The van der Waals surface area contributed by atoms with Gasteiger partial charge < -0.3 is 9.32 Å². The standard InChI is InChI=1S/C37H27NO3/c1-21-22-11-4-5-12-23(22)35(39)25-19-26-33(20-24(21)25)41-32-18-10-17-31(34(32)36(26)40)38-29-15-8-6-13-27(29)37(2,3)28-14-7-9-16-30(28)38/h4-21H,1-3H3/t21-/m1/s1. The molecule has 0 bridgehead atoms. The van der Waals surface area contributed by atoms with E-state index in [0.717, 1.165) is 28.2 Å². The molecule has 41 heavy (non-hydrogen) atoms. The number of anilines is 3. The molecule has 2 heterocycles. The lowest BCUT2D eigenvalue weighted by Crippen LogP contribution is -2.30. The largest absolute Gasteiger partial charge is 0.456 e. The first-order chi connectivity index (χ1) is 19.9. The van der Waals surface area contributed by atoms with Gasteiger partial charge in [-0.3, -0.25) is 9.59 Å². The fraction of sp³-hybridized carbons (Fsp3) is 0.135. The Labute approximate surface area is 237 Å². The third-order valence-electron chi connectivity index (χ3n) is 9.11. The number of fused-ring (bicyclic) bond motifs is 6. The van der Waals surface area contributed by atoms with E-state index in [0.29, 0.717) is 33.1 Å². The molecule has 6 aromatic rings. The first-order valence-electron chi connectivity index (χ1n) is 14.0. The van der Waals surface area contributed by atoms with Crippen molar-refractivity contribution in [2.45, 2.75) is 32.1 Å². The average molecular weight is 534 g/mol. The number of hydrogen-bond donors (Lipinski definition) is 0. The summed E-state index contributed by atoms with van der Waals surface area (Å²) in [6.45, 7) is 6.58. The molecular weight excluding hydrogens is 506 g/mol. The maximum Gasteiger partial charge on any atom is 0.202 e. The van der Waals surface area contributed by atoms with Crippen molar-refractivity contribution in [3.63, 3.8) is 0 Å². The highest BCUT2D eigenvalue weighted by Crippen LogP contribution is 2.52. The number of benzene rings is 5. The predicted octanol–water partition coefficient (Wildman–Crippen LogP) is 8.75. The summed E-state index contributed by atoms with van der Waals surface area (Å²) in [5.41, 5.74) is 9.04. The first-order valence-corrected chi connectivity index (χ1v) is 14.0. The third kappa shape index (κ3) is 3.16. The highest BCUT2D eigenvalue weighted by atomic mass is 16.3. The smallest absolute Gasteiger partial charge is 0.202 e. The number of ketones is 1. The van der Waals surface area contributed by atoms with Crippen molar-refractivity contribution < 1.29 is 9.21 Å². The lowest BCUT2D eigenvalue weighted by molar-refractivity contribution is 0.103. The highest BCUT2D eigenvalue weighted by Gasteiger charge is 2.37. The molecule has 4 nitrogen and oxygen atoms in total. The van der Waals surface area contributed by atoms with Crippen LogP contribution in [0.3, 0.4) is 0 Å². The van der Waals surface area contributed by atoms with Crippen LogP contribution in [0.25, 0.3) is 21.9 Å². The Bertz CT molecular complexity index is 2100. The van der Waals surface area contributed by atoms with Crippen LogP contribution in [0.4, 0.5) is 17.1 Å². The van der Waals surface area contributed by atoms with E-state index < -0.39 is 0 Å². The molecule has 1 aliphatic heterocycles. The Morgan fingerprint density at radius 2 is 1.29 bits per heavy atom. The summed E-state index contributed by atoms with van der Waals surface area (Å²) in [5.74, 6) is -0.0372. The van der Waals surface area contributed by atoms with Crippen LogP contribution < -0.4 is 10.3 Å². The molecule has 0 amide bonds. The molecule has 0 spiro atoms. The first kappa shape index (κ1) is 23.9. The lowest BCUT2D eigenvalue weighted by Gasteiger charge is -2.42. The van der Waals surface area contributed by atoms with Crippen LogP contribution in [-0.2, 0) is 5.41 Å². The molecular formula is C37H27NO3. The fourth-order valence-corrected chi connectivity index (χ4v) is 7.01. The Morgan fingerprint density at radius 1 is 0.659 bits per heavy atom. The molecule has 8 rings (SSSR count). The summed E-state index contributed by atoms with van der Waals surface area (Å²) in [4.78, 5) is 30.2. The van der Waals surface area contributed by atoms with Gasteiger partial charge in [-0.05, 0) is 58.7 Å². The van der Waals surface area contributed by atoms with Crippen LogP contribution in [0, 0.1) is 0 Å². The molecule has 1 atom stereocenters. The molecule has 0 saturated heterocycles. The zero-order valence-corrected chi connectivity index (χ0v) is 23.1.